The predicted octanol–water partition coefficient (Wildman–Crippen LogP) is 6.12. The Morgan fingerprint density at radius 3 is 2.40 bits per heavy atom. The molecule has 1 atom stereocenters. The number of nitrogens with zero attached hydrogens (tertiary/aromatic N) is 5. The van der Waals surface area contributed by atoms with Crippen molar-refractivity contribution >= 4 is 23.8 Å². The third-order valence-corrected chi connectivity index (χ3v) is 7.80. The molecule has 260 valence electrons. The molecule has 2 aliphatic heterocycles. The van der Waals surface area contributed by atoms with E-state index in [0.717, 1.165) is 66.7 Å². The lowest BCUT2D eigenvalue weighted by Gasteiger charge is -2.28. The number of amides is 1. The molecule has 47 heavy (non-hydrogen) atoms. The van der Waals surface area contributed by atoms with Crippen molar-refractivity contribution in [1.29, 1.82) is 0 Å². The van der Waals surface area contributed by atoms with E-state index in [9.17, 15) is 22.8 Å². The van der Waals surface area contributed by atoms with E-state index >= 15 is 0 Å². The van der Waals surface area contributed by atoms with Gasteiger partial charge in [-0.1, -0.05) is 26.0 Å². The topological polar surface area (TPSA) is 101 Å². The Morgan fingerprint density at radius 1 is 1.13 bits per heavy atom. The van der Waals surface area contributed by atoms with Crippen molar-refractivity contribution in [3.63, 3.8) is 0 Å². The van der Waals surface area contributed by atoms with Crippen molar-refractivity contribution in [2.75, 3.05) is 44.8 Å². The summed E-state index contributed by atoms with van der Waals surface area (Å²) in [6.45, 7) is 16.9. The first-order valence-electron chi connectivity index (χ1n) is 16.2. The fraction of sp³-hybridized carbons (Fsp3) is 0.588. The molecule has 1 aromatic carbocycles. The van der Waals surface area contributed by atoms with E-state index in [0.29, 0.717) is 38.3 Å². The maximum atomic E-state index is 13.4. The summed E-state index contributed by atoms with van der Waals surface area (Å²) in [5.41, 5.74) is 3.04. The zero-order valence-corrected chi connectivity index (χ0v) is 28.8. The average molecular weight is 663 g/mol. The summed E-state index contributed by atoms with van der Waals surface area (Å²) >= 11 is 0. The van der Waals surface area contributed by atoms with Gasteiger partial charge < -0.3 is 24.5 Å². The molecule has 4 heterocycles. The van der Waals surface area contributed by atoms with Gasteiger partial charge in [-0.15, -0.1) is 5.10 Å². The first-order valence-corrected chi connectivity index (χ1v) is 16.2. The van der Waals surface area contributed by atoms with Crippen LogP contribution in [0.4, 0.5) is 23.8 Å². The number of halogens is 3. The number of likely N-dealkylation sites (tertiary alicyclic amines) is 1. The molecule has 0 aliphatic carbocycles. The van der Waals surface area contributed by atoms with Crippen LogP contribution >= 0.6 is 0 Å². The second-order valence-corrected chi connectivity index (χ2v) is 12.3. The standard InChI is InChI=1S/C22H26F3N5O.C10H17NO3.C2H6/c1-14-11-20(29-7-9-31-10-8-29)28-30-19(18(13-26-3)27-21(14)30)12-16-5-4-6-17(15(16)2)22(23,24)25;1-10(2,3)14-9(13)11-6-4-5-8(11)7-12;1-2/h4-6,11,26H,7-10,12-13H2,1-3H3;7-8H,4-6H2,1-3H3;1-2H3. The molecule has 2 aliphatic rings. The number of aromatic nitrogens is 3. The Balaban J connectivity index is 0.000000315. The van der Waals surface area contributed by atoms with Gasteiger partial charge in [0.2, 0.25) is 0 Å². The van der Waals surface area contributed by atoms with E-state index < -0.39 is 17.3 Å². The largest absolute Gasteiger partial charge is 0.444 e. The van der Waals surface area contributed by atoms with Crippen molar-refractivity contribution in [1.82, 2.24) is 24.8 Å². The molecular formula is C34H49F3N6O4. The molecule has 0 radical (unpaired) electrons. The first-order chi connectivity index (χ1) is 22.2. The number of imidazole rings is 1. The van der Waals surface area contributed by atoms with E-state index in [2.05, 4.69) is 10.2 Å². The van der Waals surface area contributed by atoms with Crippen molar-refractivity contribution in [3.8, 4) is 0 Å². The number of hydrogen-bond acceptors (Lipinski definition) is 8. The van der Waals surface area contributed by atoms with E-state index in [1.807, 2.05) is 54.7 Å². The van der Waals surface area contributed by atoms with E-state index in [-0.39, 0.29) is 17.7 Å². The summed E-state index contributed by atoms with van der Waals surface area (Å²) in [6.07, 6.45) is -2.01. The third kappa shape index (κ3) is 9.66. The summed E-state index contributed by atoms with van der Waals surface area (Å²) in [5, 5.41) is 7.94. The van der Waals surface area contributed by atoms with Crippen molar-refractivity contribution in [2.45, 2.75) is 92.1 Å². The minimum Gasteiger partial charge on any atom is -0.444 e. The lowest BCUT2D eigenvalue weighted by Crippen LogP contribution is -2.40. The molecule has 2 aromatic heterocycles. The molecular weight excluding hydrogens is 613 g/mol. The number of morpholine rings is 1. The number of rotatable bonds is 6. The molecule has 13 heteroatoms. The first kappa shape index (κ1) is 37.7. The quantitative estimate of drug-likeness (QED) is 0.315. The number of fused-ring (bicyclic) bond motifs is 1. The molecule has 2 fully saturated rings. The van der Waals surface area contributed by atoms with Gasteiger partial charge in [-0.05, 0) is 83.3 Å². The molecule has 1 amide bonds. The average Bonchev–Trinajstić information content (AvgIpc) is 3.64. The smallest absolute Gasteiger partial charge is 0.416 e. The Hall–Kier alpha value is -3.71. The molecule has 2 saturated heterocycles. The van der Waals surface area contributed by atoms with Crippen LogP contribution in [-0.4, -0.2) is 83.4 Å². The number of hydrogen-bond donors (Lipinski definition) is 1. The number of aryl methyl sites for hydroxylation is 1. The number of ether oxygens (including phenoxy) is 2. The van der Waals surface area contributed by atoms with Crippen LogP contribution in [0.3, 0.4) is 0 Å². The number of alkyl halides is 3. The normalized spacial score (nSPS) is 16.7. The van der Waals surface area contributed by atoms with Crippen LogP contribution in [0.25, 0.3) is 5.65 Å². The van der Waals surface area contributed by atoms with Gasteiger partial charge in [0.1, 0.15) is 17.7 Å². The Kier molecular flexibility index (Phi) is 13.2. The third-order valence-electron chi connectivity index (χ3n) is 7.80. The van der Waals surface area contributed by atoms with Gasteiger partial charge in [0.05, 0.1) is 36.2 Å². The Morgan fingerprint density at radius 2 is 1.81 bits per heavy atom. The summed E-state index contributed by atoms with van der Waals surface area (Å²) in [5.74, 6) is 0.823. The number of carbonyl (C=O) groups excluding carboxylic acids is 2. The predicted molar refractivity (Wildman–Crippen MR) is 176 cm³/mol. The molecule has 0 spiro atoms. The number of benzene rings is 1. The van der Waals surface area contributed by atoms with Crippen molar-refractivity contribution in [3.05, 3.63) is 57.9 Å². The van der Waals surface area contributed by atoms with Gasteiger partial charge in [0, 0.05) is 32.6 Å². The minimum atomic E-state index is -4.38. The van der Waals surface area contributed by atoms with E-state index in [4.69, 9.17) is 19.6 Å². The van der Waals surface area contributed by atoms with E-state index in [1.54, 1.807) is 10.6 Å². The number of nitrogens with one attached hydrogen (secondary N) is 1. The van der Waals surface area contributed by atoms with Crippen molar-refractivity contribution < 1.29 is 32.2 Å². The van der Waals surface area contributed by atoms with Gasteiger partial charge in [0.25, 0.3) is 0 Å². The number of aldehydes is 1. The number of carbonyl (C=O) groups is 2. The second kappa shape index (κ2) is 16.4. The second-order valence-electron chi connectivity index (χ2n) is 12.3. The van der Waals surface area contributed by atoms with Crippen LogP contribution in [0.15, 0.2) is 24.3 Å². The van der Waals surface area contributed by atoms with Gasteiger partial charge in [0.15, 0.2) is 5.65 Å². The lowest BCUT2D eigenvalue weighted by atomic mass is 9.98. The summed E-state index contributed by atoms with van der Waals surface area (Å²) < 4.78 is 52.7. The molecule has 0 saturated carbocycles. The van der Waals surface area contributed by atoms with Crippen LogP contribution in [0.1, 0.15) is 81.1 Å². The van der Waals surface area contributed by atoms with Gasteiger partial charge in [-0.25, -0.2) is 14.3 Å². The van der Waals surface area contributed by atoms with Crippen LogP contribution in [0, 0.1) is 13.8 Å². The summed E-state index contributed by atoms with van der Waals surface area (Å²) in [6, 6.07) is 6.05. The molecule has 0 bridgehead atoms. The molecule has 1 unspecified atom stereocenters. The Bertz CT molecular complexity index is 1500. The fourth-order valence-corrected chi connectivity index (χ4v) is 5.52. The van der Waals surface area contributed by atoms with Crippen LogP contribution in [0.5, 0.6) is 0 Å². The highest BCUT2D eigenvalue weighted by Gasteiger charge is 2.33. The van der Waals surface area contributed by atoms with Crippen LogP contribution < -0.4 is 10.2 Å². The monoisotopic (exact) mass is 662 g/mol. The van der Waals surface area contributed by atoms with Gasteiger partial charge in [-0.3, -0.25) is 4.90 Å². The van der Waals surface area contributed by atoms with Gasteiger partial charge >= 0.3 is 12.3 Å². The number of anilines is 1. The van der Waals surface area contributed by atoms with E-state index in [1.165, 1.54) is 17.9 Å². The minimum absolute atomic E-state index is 0.237. The van der Waals surface area contributed by atoms with Crippen LogP contribution in [-0.2, 0) is 33.4 Å². The molecule has 10 nitrogen and oxygen atoms in total. The lowest BCUT2D eigenvalue weighted by molar-refractivity contribution is -0.138. The van der Waals surface area contributed by atoms with Gasteiger partial charge in [-0.2, -0.15) is 13.2 Å². The SMILES string of the molecule is CC.CC(C)(C)OC(=O)N1CCCC1C=O.CNCc1nc2c(C)cc(N3CCOCC3)nn2c1Cc1cccc(C(F)(F)F)c1C. The fourth-order valence-electron chi connectivity index (χ4n) is 5.52. The highest BCUT2D eigenvalue weighted by Crippen LogP contribution is 2.34. The maximum Gasteiger partial charge on any atom is 0.416 e. The maximum absolute atomic E-state index is 13.4. The molecule has 1 N–H and O–H groups in total. The van der Waals surface area contributed by atoms with Crippen LogP contribution in [0.2, 0.25) is 0 Å². The summed E-state index contributed by atoms with van der Waals surface area (Å²) in [4.78, 5) is 30.6. The highest BCUT2D eigenvalue weighted by atomic mass is 19.4. The van der Waals surface area contributed by atoms with Crippen molar-refractivity contribution in [2.24, 2.45) is 0 Å². The zero-order valence-electron chi connectivity index (χ0n) is 28.8. The summed E-state index contributed by atoms with van der Waals surface area (Å²) in [7, 11) is 1.82. The molecule has 5 rings (SSSR count). The Labute approximate surface area is 275 Å². The molecule has 3 aromatic rings. The zero-order chi connectivity index (χ0) is 34.9. The highest BCUT2D eigenvalue weighted by molar-refractivity contribution is 5.74.